The Labute approximate surface area is 129 Å². The van der Waals surface area contributed by atoms with E-state index in [0.29, 0.717) is 0 Å². The van der Waals surface area contributed by atoms with Crippen LogP contribution in [0.4, 0.5) is 0 Å². The zero-order valence-corrected chi connectivity index (χ0v) is 11.9. The van der Waals surface area contributed by atoms with Crippen molar-refractivity contribution in [2.45, 2.75) is 0 Å². The number of aromatic nitrogens is 7. The zero-order chi connectivity index (χ0) is 15.2. The van der Waals surface area contributed by atoms with Gasteiger partial charge in [-0.1, -0.05) is 0 Å². The van der Waals surface area contributed by atoms with Crippen molar-refractivity contribution in [3.63, 3.8) is 0 Å². The normalized spacial score (nSPS) is 11.5. The maximum absolute atomic E-state index is 4.45. The van der Waals surface area contributed by atoms with Gasteiger partial charge in [-0.15, -0.1) is 0 Å². The Morgan fingerprint density at radius 2 is 2.00 bits per heavy atom. The van der Waals surface area contributed by atoms with Crippen LogP contribution in [0.25, 0.3) is 44.5 Å². The summed E-state index contributed by atoms with van der Waals surface area (Å²) >= 11 is 0. The van der Waals surface area contributed by atoms with Gasteiger partial charge in [0.1, 0.15) is 5.69 Å². The quantitative estimate of drug-likeness (QED) is 0.467. The average molecular weight is 301 g/mol. The highest BCUT2D eigenvalue weighted by atomic mass is 15.1. The average Bonchev–Trinajstić information content (AvgIpc) is 3.32. The number of pyridine rings is 2. The van der Waals surface area contributed by atoms with E-state index in [1.54, 1.807) is 18.6 Å². The Bertz CT molecular complexity index is 1080. The third-order valence-electron chi connectivity index (χ3n) is 3.92. The number of rotatable bonds is 2. The Morgan fingerprint density at radius 1 is 1.00 bits per heavy atom. The first kappa shape index (κ1) is 12.1. The molecule has 0 radical (unpaired) electrons. The summed E-state index contributed by atoms with van der Waals surface area (Å²) < 4.78 is 0. The molecule has 0 saturated heterocycles. The van der Waals surface area contributed by atoms with E-state index in [4.69, 9.17) is 0 Å². The van der Waals surface area contributed by atoms with Crippen LogP contribution in [0.15, 0.2) is 49.2 Å². The molecule has 0 saturated carbocycles. The van der Waals surface area contributed by atoms with Crippen molar-refractivity contribution >= 4 is 21.8 Å². The molecule has 110 valence electrons. The third-order valence-corrected chi connectivity index (χ3v) is 3.92. The van der Waals surface area contributed by atoms with Crippen molar-refractivity contribution in [3.8, 4) is 22.6 Å². The minimum atomic E-state index is 0.853. The van der Waals surface area contributed by atoms with Crippen LogP contribution < -0.4 is 0 Å². The highest BCUT2D eigenvalue weighted by Crippen LogP contribution is 2.30. The van der Waals surface area contributed by atoms with E-state index in [9.17, 15) is 0 Å². The fraction of sp³-hybridized carbons (Fsp3) is 0. The summed E-state index contributed by atoms with van der Waals surface area (Å²) in [4.78, 5) is 12.0. The van der Waals surface area contributed by atoms with Crippen molar-refractivity contribution in [2.75, 3.05) is 0 Å². The lowest BCUT2D eigenvalue weighted by Gasteiger charge is -1.98. The van der Waals surface area contributed by atoms with Gasteiger partial charge < -0.3 is 4.98 Å². The molecule has 0 bridgehead atoms. The Morgan fingerprint density at radius 3 is 2.87 bits per heavy atom. The van der Waals surface area contributed by atoms with Crippen molar-refractivity contribution in [1.29, 1.82) is 0 Å². The molecule has 5 rings (SSSR count). The number of hydrogen-bond donors (Lipinski definition) is 3. The molecule has 5 heterocycles. The Hall–Kier alpha value is -3.48. The van der Waals surface area contributed by atoms with Gasteiger partial charge >= 0.3 is 0 Å². The molecule has 0 aliphatic rings. The summed E-state index contributed by atoms with van der Waals surface area (Å²) in [5.74, 6) is 0. The van der Waals surface area contributed by atoms with Crippen LogP contribution in [0.3, 0.4) is 0 Å². The molecule has 0 unspecified atom stereocenters. The molecule has 7 heteroatoms. The van der Waals surface area contributed by atoms with E-state index in [1.807, 2.05) is 24.5 Å². The number of nitrogens with one attached hydrogen (secondary N) is 3. The van der Waals surface area contributed by atoms with Crippen molar-refractivity contribution in [3.05, 3.63) is 49.2 Å². The predicted molar refractivity (Wildman–Crippen MR) is 86.6 cm³/mol. The molecule has 0 aromatic carbocycles. The molecule has 23 heavy (non-hydrogen) atoms. The maximum atomic E-state index is 4.45. The van der Waals surface area contributed by atoms with Gasteiger partial charge in [0, 0.05) is 40.4 Å². The monoisotopic (exact) mass is 301 g/mol. The number of H-pyrrole nitrogens is 3. The second-order valence-electron chi connectivity index (χ2n) is 5.32. The van der Waals surface area contributed by atoms with Gasteiger partial charge in [-0.2, -0.15) is 10.2 Å². The van der Waals surface area contributed by atoms with E-state index in [-0.39, 0.29) is 0 Å². The van der Waals surface area contributed by atoms with Crippen LogP contribution in [-0.4, -0.2) is 35.3 Å². The third kappa shape index (κ3) is 1.83. The second-order valence-corrected chi connectivity index (χ2v) is 5.32. The van der Waals surface area contributed by atoms with Gasteiger partial charge in [-0.05, 0) is 18.2 Å². The van der Waals surface area contributed by atoms with Crippen LogP contribution in [0.1, 0.15) is 0 Å². The van der Waals surface area contributed by atoms with Gasteiger partial charge in [0.25, 0.3) is 0 Å². The van der Waals surface area contributed by atoms with Crippen molar-refractivity contribution < 1.29 is 0 Å². The molecule has 0 amide bonds. The predicted octanol–water partition coefficient (Wildman–Crippen LogP) is 2.89. The minimum absolute atomic E-state index is 0.853. The van der Waals surface area contributed by atoms with Crippen LogP contribution in [0, 0.1) is 0 Å². The standard InChI is InChI=1S/C16H11N7/c1-2-17-5-9-3-14(21-12(1)9)16-11-4-13(10-6-19-20-7-10)18-8-15(11)22-23-16/h1-8,21H,(H,19,20)(H,22,23). The number of hydrogen-bond acceptors (Lipinski definition) is 4. The smallest absolute Gasteiger partial charge is 0.116 e. The molecule has 7 nitrogen and oxygen atoms in total. The first-order chi connectivity index (χ1) is 11.4. The molecule has 0 atom stereocenters. The van der Waals surface area contributed by atoms with Gasteiger partial charge in [0.05, 0.1) is 29.3 Å². The Balaban J connectivity index is 1.73. The second kappa shape index (κ2) is 4.51. The molecule has 5 aromatic rings. The van der Waals surface area contributed by atoms with Gasteiger partial charge in [-0.3, -0.25) is 20.2 Å². The van der Waals surface area contributed by atoms with Crippen LogP contribution in [0.2, 0.25) is 0 Å². The topological polar surface area (TPSA) is 98.9 Å². The fourth-order valence-electron chi connectivity index (χ4n) is 2.77. The van der Waals surface area contributed by atoms with Crippen LogP contribution in [0.5, 0.6) is 0 Å². The summed E-state index contributed by atoms with van der Waals surface area (Å²) in [6.07, 6.45) is 8.97. The molecule has 0 fully saturated rings. The van der Waals surface area contributed by atoms with Crippen LogP contribution in [-0.2, 0) is 0 Å². The lowest BCUT2D eigenvalue weighted by molar-refractivity contribution is 1.09. The summed E-state index contributed by atoms with van der Waals surface area (Å²) in [7, 11) is 0. The van der Waals surface area contributed by atoms with Gasteiger partial charge in [0.15, 0.2) is 0 Å². The van der Waals surface area contributed by atoms with Crippen molar-refractivity contribution in [2.24, 2.45) is 0 Å². The number of nitrogens with zero attached hydrogens (tertiary/aromatic N) is 4. The minimum Gasteiger partial charge on any atom is -0.353 e. The van der Waals surface area contributed by atoms with E-state index in [0.717, 1.165) is 44.5 Å². The molecule has 0 aliphatic heterocycles. The van der Waals surface area contributed by atoms with E-state index in [2.05, 4.69) is 41.4 Å². The van der Waals surface area contributed by atoms with Gasteiger partial charge in [0.2, 0.25) is 0 Å². The summed E-state index contributed by atoms with van der Waals surface area (Å²) in [6.45, 7) is 0. The SMILES string of the molecule is c1cc2[nH]c(-c3n[nH]c4cnc(-c5cn[nH]c5)cc34)cc2cn1. The molecule has 0 spiro atoms. The lowest BCUT2D eigenvalue weighted by atomic mass is 10.1. The molecular weight excluding hydrogens is 290 g/mol. The van der Waals surface area contributed by atoms with Crippen molar-refractivity contribution in [1.82, 2.24) is 35.3 Å². The fourth-order valence-corrected chi connectivity index (χ4v) is 2.77. The van der Waals surface area contributed by atoms with E-state index >= 15 is 0 Å². The molecule has 0 aliphatic carbocycles. The summed E-state index contributed by atoms with van der Waals surface area (Å²) in [6, 6.07) is 6.02. The van der Waals surface area contributed by atoms with E-state index in [1.165, 1.54) is 0 Å². The first-order valence-electron chi connectivity index (χ1n) is 7.15. The lowest BCUT2D eigenvalue weighted by Crippen LogP contribution is -1.82. The van der Waals surface area contributed by atoms with Crippen LogP contribution >= 0.6 is 0 Å². The summed E-state index contributed by atoms with van der Waals surface area (Å²) in [5, 5.41) is 16.3. The Kier molecular flexibility index (Phi) is 2.37. The largest absolute Gasteiger partial charge is 0.353 e. The van der Waals surface area contributed by atoms with E-state index < -0.39 is 0 Å². The number of fused-ring (bicyclic) bond motifs is 2. The first-order valence-corrected chi connectivity index (χ1v) is 7.15. The molecule has 5 aromatic heterocycles. The van der Waals surface area contributed by atoms with Gasteiger partial charge in [-0.25, -0.2) is 0 Å². The molecule has 3 N–H and O–H groups in total. The number of aromatic amines is 3. The highest BCUT2D eigenvalue weighted by molar-refractivity contribution is 5.96. The zero-order valence-electron chi connectivity index (χ0n) is 11.9. The maximum Gasteiger partial charge on any atom is 0.116 e. The summed E-state index contributed by atoms with van der Waals surface area (Å²) in [5.41, 5.74) is 5.54. The molecular formula is C16H11N7. The highest BCUT2D eigenvalue weighted by Gasteiger charge is 2.13.